The summed E-state index contributed by atoms with van der Waals surface area (Å²) < 4.78 is 10.5. The number of hydrogen-bond acceptors (Lipinski definition) is 4. The minimum absolute atomic E-state index is 0.198. The normalized spacial score (nSPS) is 19.1. The fourth-order valence-corrected chi connectivity index (χ4v) is 3.14. The van der Waals surface area contributed by atoms with Crippen LogP contribution in [-0.2, 0) is 11.2 Å². The minimum Gasteiger partial charge on any atom is -0.486 e. The molecule has 122 valence electrons. The average molecular weight is 399 g/mol. The third kappa shape index (κ3) is 3.04. The summed E-state index contributed by atoms with van der Waals surface area (Å²) in [6.45, 7) is 5.95. The van der Waals surface area contributed by atoms with Crippen LogP contribution in [-0.4, -0.2) is 27.4 Å². The van der Waals surface area contributed by atoms with E-state index in [0.29, 0.717) is 18.6 Å². The van der Waals surface area contributed by atoms with Gasteiger partial charge in [-0.15, -0.1) is 11.6 Å². The second kappa shape index (κ2) is 5.95. The number of benzene rings is 1. The third-order valence-electron chi connectivity index (χ3n) is 3.97. The Balaban J connectivity index is 2.11. The second-order valence-electron chi connectivity index (χ2n) is 5.72. The van der Waals surface area contributed by atoms with Crippen LogP contribution in [0, 0.1) is 6.92 Å². The number of esters is 1. The highest BCUT2D eigenvalue weighted by Crippen LogP contribution is 2.43. The maximum Gasteiger partial charge on any atom is 0.338 e. The number of carbonyl (C=O) groups is 1. The second-order valence-corrected chi connectivity index (χ2v) is 8.61. The van der Waals surface area contributed by atoms with Gasteiger partial charge in [0.25, 0.3) is 0 Å². The SMILES string of the molecule is CCOC(=O)c1ccc2nc(C)c3c(c2c1)O[C@H]([C@](C)(Cl)Br)C3. The first kappa shape index (κ1) is 16.5. The lowest BCUT2D eigenvalue weighted by Crippen LogP contribution is -2.31. The van der Waals surface area contributed by atoms with E-state index in [-0.39, 0.29) is 12.1 Å². The number of aromatic nitrogens is 1. The van der Waals surface area contributed by atoms with Crippen molar-refractivity contribution in [1.82, 2.24) is 4.98 Å². The average Bonchev–Trinajstić information content (AvgIpc) is 2.93. The van der Waals surface area contributed by atoms with Gasteiger partial charge in [-0.25, -0.2) is 4.79 Å². The van der Waals surface area contributed by atoms with Gasteiger partial charge in [-0.3, -0.25) is 4.98 Å². The number of carbonyl (C=O) groups excluding carboxylic acids is 1. The monoisotopic (exact) mass is 397 g/mol. The predicted molar refractivity (Wildman–Crippen MR) is 93.7 cm³/mol. The Kier molecular flexibility index (Phi) is 4.27. The largest absolute Gasteiger partial charge is 0.486 e. The Hall–Kier alpha value is -1.33. The molecule has 0 spiro atoms. The number of fused-ring (bicyclic) bond motifs is 3. The molecule has 0 N–H and O–H groups in total. The Morgan fingerprint density at radius 1 is 1.57 bits per heavy atom. The van der Waals surface area contributed by atoms with Crippen molar-refractivity contribution in [3.8, 4) is 5.75 Å². The Morgan fingerprint density at radius 2 is 2.30 bits per heavy atom. The zero-order valence-corrected chi connectivity index (χ0v) is 15.5. The summed E-state index contributed by atoms with van der Waals surface area (Å²) in [5.74, 6) is 0.413. The van der Waals surface area contributed by atoms with Crippen LogP contribution < -0.4 is 4.74 Å². The first-order chi connectivity index (χ1) is 10.8. The number of rotatable bonds is 3. The van der Waals surface area contributed by atoms with Crippen LogP contribution in [0.15, 0.2) is 18.2 Å². The lowest BCUT2D eigenvalue weighted by atomic mass is 10.0. The number of hydrogen-bond donors (Lipinski definition) is 0. The standard InChI is InChI=1S/C17H17BrClNO3/c1-4-22-16(21)10-5-6-13-12(7-10)15-11(9(2)20-13)8-14(23-15)17(3,18)19/h5-7,14H,4,8H2,1-3H3/t14-,17-/m0/s1. The van der Waals surface area contributed by atoms with Crippen LogP contribution in [0.5, 0.6) is 5.75 Å². The van der Waals surface area contributed by atoms with Crippen molar-refractivity contribution in [3.63, 3.8) is 0 Å². The van der Waals surface area contributed by atoms with Crippen molar-refractivity contribution in [3.05, 3.63) is 35.0 Å². The van der Waals surface area contributed by atoms with Crippen molar-refractivity contribution in [2.45, 2.75) is 37.1 Å². The molecule has 2 atom stereocenters. The highest BCUT2D eigenvalue weighted by atomic mass is 79.9. The van der Waals surface area contributed by atoms with Crippen LogP contribution in [0.2, 0.25) is 0 Å². The van der Waals surface area contributed by atoms with E-state index in [1.807, 2.05) is 19.9 Å². The maximum absolute atomic E-state index is 12.0. The summed E-state index contributed by atoms with van der Waals surface area (Å²) in [5, 5.41) is 0.812. The molecule has 0 fully saturated rings. The van der Waals surface area contributed by atoms with Crippen molar-refractivity contribution < 1.29 is 14.3 Å². The summed E-state index contributed by atoms with van der Waals surface area (Å²) in [5.41, 5.74) is 3.25. The maximum atomic E-state index is 12.0. The molecule has 2 heterocycles. The lowest BCUT2D eigenvalue weighted by Gasteiger charge is -2.21. The molecule has 4 nitrogen and oxygen atoms in total. The Labute approximate surface area is 148 Å². The Bertz CT molecular complexity index is 785. The van der Waals surface area contributed by atoms with E-state index >= 15 is 0 Å². The van der Waals surface area contributed by atoms with E-state index in [1.54, 1.807) is 19.1 Å². The Morgan fingerprint density at radius 3 is 2.96 bits per heavy atom. The van der Waals surface area contributed by atoms with E-state index in [9.17, 15) is 4.79 Å². The van der Waals surface area contributed by atoms with Crippen LogP contribution in [0.25, 0.3) is 10.9 Å². The van der Waals surface area contributed by atoms with Crippen LogP contribution in [0.4, 0.5) is 0 Å². The van der Waals surface area contributed by atoms with E-state index in [0.717, 1.165) is 27.9 Å². The number of aryl methyl sites for hydroxylation is 1. The van der Waals surface area contributed by atoms with Gasteiger partial charge in [0, 0.05) is 23.1 Å². The third-order valence-corrected chi connectivity index (χ3v) is 4.72. The van der Waals surface area contributed by atoms with Crippen molar-refractivity contribution in [1.29, 1.82) is 0 Å². The van der Waals surface area contributed by atoms with Crippen LogP contribution >= 0.6 is 27.5 Å². The van der Waals surface area contributed by atoms with Crippen molar-refractivity contribution in [2.75, 3.05) is 6.61 Å². The van der Waals surface area contributed by atoms with Gasteiger partial charge in [0.05, 0.1) is 17.7 Å². The van der Waals surface area contributed by atoms with Crippen LogP contribution in [0.1, 0.15) is 35.5 Å². The molecule has 3 rings (SSSR count). The van der Waals surface area contributed by atoms with Gasteiger partial charge in [0.1, 0.15) is 15.6 Å². The smallest absolute Gasteiger partial charge is 0.338 e. The number of pyridine rings is 1. The highest BCUT2D eigenvalue weighted by molar-refractivity contribution is 9.10. The minimum atomic E-state index is -0.663. The van der Waals surface area contributed by atoms with E-state index in [1.165, 1.54) is 0 Å². The lowest BCUT2D eigenvalue weighted by molar-refractivity contribution is 0.0526. The van der Waals surface area contributed by atoms with Gasteiger partial charge >= 0.3 is 5.97 Å². The molecule has 0 amide bonds. The summed E-state index contributed by atoms with van der Waals surface area (Å²) in [6, 6.07) is 5.32. The highest BCUT2D eigenvalue weighted by Gasteiger charge is 2.38. The predicted octanol–water partition coefficient (Wildman–Crippen LogP) is 4.37. The number of halogens is 2. The van der Waals surface area contributed by atoms with E-state index in [2.05, 4.69) is 20.9 Å². The molecule has 0 saturated carbocycles. The first-order valence-electron chi connectivity index (χ1n) is 7.46. The van der Waals surface area contributed by atoms with Gasteiger partial charge in [-0.05, 0) is 39.0 Å². The number of ether oxygens (including phenoxy) is 2. The molecule has 0 bridgehead atoms. The molecular weight excluding hydrogens is 382 g/mol. The van der Waals surface area contributed by atoms with E-state index < -0.39 is 3.78 Å². The molecule has 0 radical (unpaired) electrons. The fourth-order valence-electron chi connectivity index (χ4n) is 2.76. The summed E-state index contributed by atoms with van der Waals surface area (Å²) in [4.78, 5) is 16.6. The number of alkyl halides is 2. The van der Waals surface area contributed by atoms with Crippen molar-refractivity contribution >= 4 is 44.4 Å². The van der Waals surface area contributed by atoms with Crippen LogP contribution in [0.3, 0.4) is 0 Å². The number of nitrogens with zero attached hydrogens (tertiary/aromatic N) is 1. The van der Waals surface area contributed by atoms with Gasteiger partial charge < -0.3 is 9.47 Å². The molecule has 0 unspecified atom stereocenters. The summed E-state index contributed by atoms with van der Waals surface area (Å²) in [6.07, 6.45) is 0.482. The zero-order chi connectivity index (χ0) is 16.8. The van der Waals surface area contributed by atoms with Gasteiger partial charge in [-0.2, -0.15) is 0 Å². The molecule has 0 saturated heterocycles. The van der Waals surface area contributed by atoms with Gasteiger partial charge in [0.2, 0.25) is 0 Å². The zero-order valence-electron chi connectivity index (χ0n) is 13.2. The topological polar surface area (TPSA) is 48.4 Å². The van der Waals surface area contributed by atoms with Crippen molar-refractivity contribution in [2.24, 2.45) is 0 Å². The molecular formula is C17H17BrClNO3. The van der Waals surface area contributed by atoms with E-state index in [4.69, 9.17) is 21.1 Å². The van der Waals surface area contributed by atoms with Gasteiger partial charge in [0.15, 0.2) is 0 Å². The molecule has 1 aliphatic heterocycles. The molecule has 0 aliphatic carbocycles. The quantitative estimate of drug-likeness (QED) is 0.569. The molecule has 2 aromatic rings. The summed E-state index contributed by atoms with van der Waals surface area (Å²) in [7, 11) is 0. The molecule has 1 aliphatic rings. The fraction of sp³-hybridized carbons (Fsp3) is 0.412. The van der Waals surface area contributed by atoms with Gasteiger partial charge in [-0.1, -0.05) is 15.9 Å². The molecule has 1 aromatic heterocycles. The molecule has 23 heavy (non-hydrogen) atoms. The summed E-state index contributed by atoms with van der Waals surface area (Å²) >= 11 is 9.81. The first-order valence-corrected chi connectivity index (χ1v) is 8.63. The molecule has 1 aromatic carbocycles. The molecule has 6 heteroatoms.